The van der Waals surface area contributed by atoms with E-state index in [1.54, 1.807) is 11.8 Å². The zero-order chi connectivity index (χ0) is 17.9. The van der Waals surface area contributed by atoms with Gasteiger partial charge in [0.2, 0.25) is 11.7 Å². The number of para-hydroxylation sites is 1. The SMILES string of the molecule is Cc1ccccc1-n1ccnc1SC(C)c1nc(-c2ccccc2)no1. The van der Waals surface area contributed by atoms with Crippen LogP contribution in [-0.4, -0.2) is 19.7 Å². The van der Waals surface area contributed by atoms with E-state index < -0.39 is 0 Å². The van der Waals surface area contributed by atoms with Crippen LogP contribution in [0.5, 0.6) is 0 Å². The van der Waals surface area contributed by atoms with Crippen molar-refractivity contribution in [3.63, 3.8) is 0 Å². The van der Waals surface area contributed by atoms with Gasteiger partial charge < -0.3 is 4.52 Å². The predicted octanol–water partition coefficient (Wildman–Crippen LogP) is 5.08. The molecule has 0 radical (unpaired) electrons. The molecule has 4 aromatic rings. The highest BCUT2D eigenvalue weighted by molar-refractivity contribution is 7.99. The minimum atomic E-state index is -0.00914. The summed E-state index contributed by atoms with van der Waals surface area (Å²) in [7, 11) is 0. The molecular weight excluding hydrogens is 344 g/mol. The molecule has 0 aliphatic rings. The number of aromatic nitrogens is 4. The lowest BCUT2D eigenvalue weighted by Gasteiger charge is -2.11. The number of hydrogen-bond donors (Lipinski definition) is 0. The van der Waals surface area contributed by atoms with E-state index in [0.29, 0.717) is 11.7 Å². The molecule has 0 N–H and O–H groups in total. The average molecular weight is 362 g/mol. The molecule has 0 amide bonds. The Morgan fingerprint density at radius 2 is 1.81 bits per heavy atom. The van der Waals surface area contributed by atoms with Gasteiger partial charge in [0.1, 0.15) is 0 Å². The van der Waals surface area contributed by atoms with Crippen molar-refractivity contribution in [1.82, 2.24) is 19.7 Å². The van der Waals surface area contributed by atoms with Gasteiger partial charge in [0.25, 0.3) is 0 Å². The molecule has 1 unspecified atom stereocenters. The van der Waals surface area contributed by atoms with Crippen LogP contribution in [0.4, 0.5) is 0 Å². The molecule has 2 aromatic heterocycles. The van der Waals surface area contributed by atoms with E-state index in [-0.39, 0.29) is 5.25 Å². The fourth-order valence-electron chi connectivity index (χ4n) is 2.71. The lowest BCUT2D eigenvalue weighted by Crippen LogP contribution is -1.99. The average Bonchev–Trinajstić information content (AvgIpc) is 3.33. The van der Waals surface area contributed by atoms with Crippen LogP contribution in [0, 0.1) is 6.92 Å². The number of thioether (sulfide) groups is 1. The first-order valence-electron chi connectivity index (χ1n) is 8.37. The van der Waals surface area contributed by atoms with Gasteiger partial charge in [-0.15, -0.1) is 0 Å². The summed E-state index contributed by atoms with van der Waals surface area (Å²) in [6, 6.07) is 18.1. The first-order valence-corrected chi connectivity index (χ1v) is 9.25. The summed E-state index contributed by atoms with van der Waals surface area (Å²) in [6.07, 6.45) is 3.78. The Bertz CT molecular complexity index is 1010. The Hall–Kier alpha value is -2.86. The number of imidazole rings is 1. The molecule has 0 aliphatic heterocycles. The molecule has 5 nitrogen and oxygen atoms in total. The summed E-state index contributed by atoms with van der Waals surface area (Å²) < 4.78 is 7.57. The van der Waals surface area contributed by atoms with E-state index in [2.05, 4.69) is 38.7 Å². The number of rotatable bonds is 5. The van der Waals surface area contributed by atoms with Crippen LogP contribution in [0.2, 0.25) is 0 Å². The van der Waals surface area contributed by atoms with Crippen molar-refractivity contribution in [3.8, 4) is 17.1 Å². The van der Waals surface area contributed by atoms with Gasteiger partial charge in [-0.3, -0.25) is 4.57 Å². The normalized spacial score (nSPS) is 12.2. The molecule has 1 atom stereocenters. The minimum absolute atomic E-state index is 0.00914. The molecule has 26 heavy (non-hydrogen) atoms. The fourth-order valence-corrected chi connectivity index (χ4v) is 3.61. The van der Waals surface area contributed by atoms with Crippen LogP contribution in [0.3, 0.4) is 0 Å². The highest BCUT2D eigenvalue weighted by atomic mass is 32.2. The molecule has 2 aromatic carbocycles. The monoisotopic (exact) mass is 362 g/mol. The van der Waals surface area contributed by atoms with Gasteiger partial charge in [0, 0.05) is 18.0 Å². The Labute approximate surface area is 156 Å². The quantitative estimate of drug-likeness (QED) is 0.463. The van der Waals surface area contributed by atoms with Gasteiger partial charge in [-0.05, 0) is 25.5 Å². The lowest BCUT2D eigenvalue weighted by molar-refractivity contribution is 0.380. The molecule has 0 saturated heterocycles. The molecule has 4 rings (SSSR count). The van der Waals surface area contributed by atoms with Gasteiger partial charge in [-0.2, -0.15) is 4.98 Å². The Balaban J connectivity index is 1.57. The van der Waals surface area contributed by atoms with E-state index in [1.165, 1.54) is 5.56 Å². The van der Waals surface area contributed by atoms with Crippen molar-refractivity contribution in [3.05, 3.63) is 78.4 Å². The number of nitrogens with zero attached hydrogens (tertiary/aromatic N) is 4. The highest BCUT2D eigenvalue weighted by Crippen LogP contribution is 2.35. The first-order chi connectivity index (χ1) is 12.7. The van der Waals surface area contributed by atoms with E-state index in [4.69, 9.17) is 4.52 Å². The molecule has 2 heterocycles. The molecule has 6 heteroatoms. The zero-order valence-electron chi connectivity index (χ0n) is 14.5. The maximum atomic E-state index is 5.48. The van der Waals surface area contributed by atoms with Crippen molar-refractivity contribution in [2.75, 3.05) is 0 Å². The molecule has 0 bridgehead atoms. The van der Waals surface area contributed by atoms with Gasteiger partial charge in [0.15, 0.2) is 5.16 Å². The lowest BCUT2D eigenvalue weighted by atomic mass is 10.2. The first kappa shape index (κ1) is 16.6. The summed E-state index contributed by atoms with van der Waals surface area (Å²) in [5, 5.41) is 4.99. The molecule has 0 saturated carbocycles. The van der Waals surface area contributed by atoms with Crippen molar-refractivity contribution in [2.24, 2.45) is 0 Å². The standard InChI is InChI=1S/C20H18N4OS/c1-14-8-6-7-11-17(14)24-13-12-21-20(24)26-15(2)19-22-18(23-25-19)16-9-4-3-5-10-16/h3-13,15H,1-2H3. The van der Waals surface area contributed by atoms with Gasteiger partial charge in [-0.25, -0.2) is 4.98 Å². The number of benzene rings is 2. The van der Waals surface area contributed by atoms with Crippen molar-refractivity contribution < 1.29 is 4.52 Å². The van der Waals surface area contributed by atoms with E-state index in [0.717, 1.165) is 16.4 Å². The Kier molecular flexibility index (Phi) is 4.58. The van der Waals surface area contributed by atoms with Gasteiger partial charge >= 0.3 is 0 Å². The third kappa shape index (κ3) is 3.28. The van der Waals surface area contributed by atoms with Crippen molar-refractivity contribution in [1.29, 1.82) is 0 Å². The summed E-state index contributed by atoms with van der Waals surface area (Å²) in [5.41, 5.74) is 3.26. The maximum Gasteiger partial charge on any atom is 0.240 e. The second-order valence-electron chi connectivity index (χ2n) is 5.95. The predicted molar refractivity (Wildman–Crippen MR) is 102 cm³/mol. The molecule has 0 aliphatic carbocycles. The smallest absolute Gasteiger partial charge is 0.240 e. The van der Waals surface area contributed by atoms with E-state index in [9.17, 15) is 0 Å². The van der Waals surface area contributed by atoms with Crippen LogP contribution < -0.4 is 0 Å². The van der Waals surface area contributed by atoms with Crippen LogP contribution >= 0.6 is 11.8 Å². The Morgan fingerprint density at radius 1 is 1.04 bits per heavy atom. The van der Waals surface area contributed by atoms with Crippen molar-refractivity contribution in [2.45, 2.75) is 24.3 Å². The Morgan fingerprint density at radius 3 is 2.62 bits per heavy atom. The molecular formula is C20H18N4OS. The molecule has 0 spiro atoms. The van der Waals surface area contributed by atoms with Crippen LogP contribution in [-0.2, 0) is 0 Å². The maximum absolute atomic E-state index is 5.48. The summed E-state index contributed by atoms with van der Waals surface area (Å²) in [6.45, 7) is 4.14. The molecule has 130 valence electrons. The van der Waals surface area contributed by atoms with Gasteiger partial charge in [0.05, 0.1) is 10.9 Å². The fraction of sp³-hybridized carbons (Fsp3) is 0.150. The van der Waals surface area contributed by atoms with Crippen LogP contribution in [0.15, 0.2) is 76.7 Å². The van der Waals surface area contributed by atoms with Gasteiger partial charge in [-0.1, -0.05) is 65.4 Å². The highest BCUT2D eigenvalue weighted by Gasteiger charge is 2.19. The second-order valence-corrected chi connectivity index (χ2v) is 7.26. The van der Waals surface area contributed by atoms with Crippen LogP contribution in [0.25, 0.3) is 17.1 Å². The summed E-state index contributed by atoms with van der Waals surface area (Å²) in [5.74, 6) is 1.20. The minimum Gasteiger partial charge on any atom is -0.338 e. The van der Waals surface area contributed by atoms with Crippen molar-refractivity contribution >= 4 is 11.8 Å². The second kappa shape index (κ2) is 7.17. The topological polar surface area (TPSA) is 56.7 Å². The van der Waals surface area contributed by atoms with E-state index >= 15 is 0 Å². The van der Waals surface area contributed by atoms with E-state index in [1.807, 2.05) is 61.8 Å². The third-order valence-corrected chi connectivity index (χ3v) is 5.15. The summed E-state index contributed by atoms with van der Waals surface area (Å²) >= 11 is 1.60. The zero-order valence-corrected chi connectivity index (χ0v) is 15.4. The largest absolute Gasteiger partial charge is 0.338 e. The molecule has 0 fully saturated rings. The number of hydrogen-bond acceptors (Lipinski definition) is 5. The summed E-state index contributed by atoms with van der Waals surface area (Å²) in [4.78, 5) is 9.05. The third-order valence-electron chi connectivity index (χ3n) is 4.09. The van der Waals surface area contributed by atoms with Crippen LogP contribution in [0.1, 0.15) is 23.6 Å². The number of aryl methyl sites for hydroxylation is 1.